The molecule has 0 aliphatic heterocycles. The third kappa shape index (κ3) is 3.78. The molecule has 3 aromatic rings. The summed E-state index contributed by atoms with van der Waals surface area (Å²) >= 11 is 0. The van der Waals surface area contributed by atoms with Gasteiger partial charge in [0.05, 0.1) is 11.6 Å². The molecule has 0 bridgehead atoms. The largest absolute Gasteiger partial charge is 0.388 e. The minimum absolute atomic E-state index is 0.141. The van der Waals surface area contributed by atoms with Gasteiger partial charge in [0, 0.05) is 23.2 Å². The Kier molecular flexibility index (Phi) is 4.87. The number of aromatic nitrogens is 1. The van der Waals surface area contributed by atoms with Crippen molar-refractivity contribution < 1.29 is 9.90 Å². The zero-order valence-corrected chi connectivity index (χ0v) is 13.5. The van der Waals surface area contributed by atoms with E-state index in [2.05, 4.69) is 10.3 Å². The highest BCUT2D eigenvalue weighted by Crippen LogP contribution is 2.18. The van der Waals surface area contributed by atoms with Gasteiger partial charge in [0.1, 0.15) is 0 Å². The number of carbonyl (C=O) groups excluding carboxylic acids is 1. The molecular weight excluding hydrogens is 300 g/mol. The Morgan fingerprint density at radius 1 is 1.12 bits per heavy atom. The van der Waals surface area contributed by atoms with Gasteiger partial charge in [-0.15, -0.1) is 0 Å². The van der Waals surface area contributed by atoms with E-state index in [9.17, 15) is 9.90 Å². The van der Waals surface area contributed by atoms with Crippen LogP contribution >= 0.6 is 0 Å². The van der Waals surface area contributed by atoms with Gasteiger partial charge in [-0.2, -0.15) is 0 Å². The lowest BCUT2D eigenvalue weighted by Crippen LogP contribution is -2.33. The first-order valence-corrected chi connectivity index (χ1v) is 8.02. The van der Waals surface area contributed by atoms with Crippen molar-refractivity contribution in [3.63, 3.8) is 0 Å². The summed E-state index contributed by atoms with van der Waals surface area (Å²) in [5.41, 5.74) is 2.31. The van der Waals surface area contributed by atoms with Crippen LogP contribution in [-0.4, -0.2) is 22.0 Å². The fourth-order valence-electron chi connectivity index (χ4n) is 2.73. The summed E-state index contributed by atoms with van der Waals surface area (Å²) in [6.45, 7) is 1.90. The molecule has 1 aromatic heterocycles. The Hall–Kier alpha value is -2.72. The summed E-state index contributed by atoms with van der Waals surface area (Å²) in [5.74, 6) is -0.145. The molecule has 2 unspecified atom stereocenters. The van der Waals surface area contributed by atoms with Gasteiger partial charge >= 0.3 is 0 Å². The molecule has 122 valence electrons. The number of pyridine rings is 1. The minimum atomic E-state index is -0.595. The predicted molar refractivity (Wildman–Crippen MR) is 94.7 cm³/mol. The van der Waals surface area contributed by atoms with E-state index in [0.717, 1.165) is 16.5 Å². The number of fused-ring (bicyclic) bond motifs is 1. The number of aliphatic hydroxyl groups excluding tert-OH is 1. The van der Waals surface area contributed by atoms with Gasteiger partial charge in [-0.25, -0.2) is 0 Å². The van der Waals surface area contributed by atoms with Gasteiger partial charge in [-0.3, -0.25) is 9.78 Å². The molecule has 2 aromatic carbocycles. The third-order valence-corrected chi connectivity index (χ3v) is 4.00. The lowest BCUT2D eigenvalue weighted by molar-refractivity contribution is 0.0917. The Morgan fingerprint density at radius 3 is 2.71 bits per heavy atom. The van der Waals surface area contributed by atoms with Crippen LogP contribution in [-0.2, 0) is 0 Å². The Morgan fingerprint density at radius 2 is 1.92 bits per heavy atom. The van der Waals surface area contributed by atoms with E-state index in [4.69, 9.17) is 0 Å². The minimum Gasteiger partial charge on any atom is -0.388 e. The number of nitrogens with zero attached hydrogens (tertiary/aromatic N) is 1. The van der Waals surface area contributed by atoms with E-state index in [1.54, 1.807) is 12.3 Å². The average Bonchev–Trinajstić information content (AvgIpc) is 2.61. The number of rotatable bonds is 5. The highest BCUT2D eigenvalue weighted by atomic mass is 16.3. The second-order valence-electron chi connectivity index (χ2n) is 5.95. The van der Waals surface area contributed by atoms with E-state index in [-0.39, 0.29) is 11.9 Å². The van der Waals surface area contributed by atoms with Crippen molar-refractivity contribution in [2.24, 2.45) is 0 Å². The Balaban J connectivity index is 1.64. The van der Waals surface area contributed by atoms with Crippen LogP contribution in [0.1, 0.15) is 35.4 Å². The first-order valence-electron chi connectivity index (χ1n) is 8.02. The van der Waals surface area contributed by atoms with E-state index in [1.807, 2.05) is 61.5 Å². The van der Waals surface area contributed by atoms with Gasteiger partial charge in [0.25, 0.3) is 5.91 Å². The first kappa shape index (κ1) is 16.1. The molecule has 0 radical (unpaired) electrons. The summed E-state index contributed by atoms with van der Waals surface area (Å²) < 4.78 is 0. The number of carbonyl (C=O) groups is 1. The van der Waals surface area contributed by atoms with Crippen LogP contribution in [0.4, 0.5) is 0 Å². The molecule has 0 spiro atoms. The van der Waals surface area contributed by atoms with Crippen LogP contribution in [0.3, 0.4) is 0 Å². The summed E-state index contributed by atoms with van der Waals surface area (Å²) in [6.07, 6.45) is 1.60. The molecular formula is C20H20N2O2. The van der Waals surface area contributed by atoms with Crippen LogP contribution in [0.15, 0.2) is 66.9 Å². The summed E-state index contributed by atoms with van der Waals surface area (Å²) in [7, 11) is 0. The number of hydrogen-bond donors (Lipinski definition) is 2. The second-order valence-corrected chi connectivity index (χ2v) is 5.95. The maximum atomic E-state index is 12.4. The lowest BCUT2D eigenvalue weighted by atomic mass is 10.0. The highest BCUT2D eigenvalue weighted by molar-refractivity contribution is 5.98. The van der Waals surface area contributed by atoms with Crippen LogP contribution < -0.4 is 5.32 Å². The Bertz CT molecular complexity index is 833. The second kappa shape index (κ2) is 7.23. The van der Waals surface area contributed by atoms with E-state index in [0.29, 0.717) is 12.0 Å². The molecule has 0 aliphatic carbocycles. The number of nitrogens with one attached hydrogen (secondary N) is 1. The van der Waals surface area contributed by atoms with Crippen molar-refractivity contribution in [3.05, 3.63) is 78.0 Å². The number of benzene rings is 2. The molecule has 0 aliphatic rings. The normalized spacial score (nSPS) is 13.4. The monoisotopic (exact) mass is 320 g/mol. The SMILES string of the molecule is CC(CC(O)c1ccccc1)NC(=O)c1ccc2ncccc2c1. The van der Waals surface area contributed by atoms with Gasteiger partial charge < -0.3 is 10.4 Å². The highest BCUT2D eigenvalue weighted by Gasteiger charge is 2.15. The molecule has 24 heavy (non-hydrogen) atoms. The third-order valence-electron chi connectivity index (χ3n) is 4.00. The van der Waals surface area contributed by atoms with Gasteiger partial charge in [-0.1, -0.05) is 36.4 Å². The van der Waals surface area contributed by atoms with E-state index >= 15 is 0 Å². The van der Waals surface area contributed by atoms with Crippen LogP contribution in [0.25, 0.3) is 10.9 Å². The quantitative estimate of drug-likeness (QED) is 0.756. The van der Waals surface area contributed by atoms with Gasteiger partial charge in [0.15, 0.2) is 0 Å². The van der Waals surface area contributed by atoms with E-state index in [1.165, 1.54) is 0 Å². The number of aliphatic hydroxyl groups is 1. The van der Waals surface area contributed by atoms with Gasteiger partial charge in [-0.05, 0) is 43.2 Å². The molecule has 0 saturated carbocycles. The molecule has 2 N–H and O–H groups in total. The standard InChI is InChI=1S/C20H20N2O2/c1-14(12-19(23)15-6-3-2-4-7-15)22-20(24)17-9-10-18-16(13-17)8-5-11-21-18/h2-11,13-14,19,23H,12H2,1H3,(H,22,24). The maximum Gasteiger partial charge on any atom is 0.251 e. The van der Waals surface area contributed by atoms with Crippen molar-refractivity contribution in [2.45, 2.75) is 25.5 Å². The number of hydrogen-bond acceptors (Lipinski definition) is 3. The first-order chi connectivity index (χ1) is 11.6. The van der Waals surface area contributed by atoms with Crippen molar-refractivity contribution in [2.75, 3.05) is 0 Å². The fourth-order valence-corrected chi connectivity index (χ4v) is 2.73. The van der Waals surface area contributed by atoms with Crippen LogP contribution in [0, 0.1) is 0 Å². The predicted octanol–water partition coefficient (Wildman–Crippen LogP) is 3.48. The maximum absolute atomic E-state index is 12.4. The number of amides is 1. The molecule has 0 saturated heterocycles. The Labute approximate surface area is 141 Å². The molecule has 2 atom stereocenters. The lowest BCUT2D eigenvalue weighted by Gasteiger charge is -2.18. The molecule has 4 nitrogen and oxygen atoms in total. The van der Waals surface area contributed by atoms with Crippen molar-refractivity contribution >= 4 is 16.8 Å². The van der Waals surface area contributed by atoms with Crippen molar-refractivity contribution in [1.29, 1.82) is 0 Å². The van der Waals surface area contributed by atoms with Gasteiger partial charge in [0.2, 0.25) is 0 Å². The smallest absolute Gasteiger partial charge is 0.251 e. The molecule has 1 heterocycles. The van der Waals surface area contributed by atoms with Crippen molar-refractivity contribution in [3.8, 4) is 0 Å². The van der Waals surface area contributed by atoms with Crippen LogP contribution in [0.5, 0.6) is 0 Å². The average molecular weight is 320 g/mol. The fraction of sp³-hybridized carbons (Fsp3) is 0.200. The van der Waals surface area contributed by atoms with Crippen LogP contribution in [0.2, 0.25) is 0 Å². The zero-order valence-electron chi connectivity index (χ0n) is 13.5. The molecule has 3 rings (SSSR count). The molecule has 4 heteroatoms. The zero-order chi connectivity index (χ0) is 16.9. The molecule has 0 fully saturated rings. The summed E-state index contributed by atoms with van der Waals surface area (Å²) in [6, 6.07) is 18.6. The summed E-state index contributed by atoms with van der Waals surface area (Å²) in [4.78, 5) is 16.7. The van der Waals surface area contributed by atoms with E-state index < -0.39 is 6.10 Å². The van der Waals surface area contributed by atoms with Crippen molar-refractivity contribution in [1.82, 2.24) is 10.3 Å². The summed E-state index contributed by atoms with van der Waals surface area (Å²) in [5, 5.41) is 14.1. The topological polar surface area (TPSA) is 62.2 Å². The molecule has 1 amide bonds.